The highest BCUT2D eigenvalue weighted by Crippen LogP contribution is 1.95. The van der Waals surface area contributed by atoms with E-state index in [0.717, 1.165) is 0 Å². The highest BCUT2D eigenvalue weighted by atomic mass is 16.7. The van der Waals surface area contributed by atoms with Crippen molar-refractivity contribution in [2.24, 2.45) is 0 Å². The summed E-state index contributed by atoms with van der Waals surface area (Å²) in [5, 5.41) is 10.1. The van der Waals surface area contributed by atoms with Crippen molar-refractivity contribution < 1.29 is 24.1 Å². The van der Waals surface area contributed by atoms with Crippen LogP contribution in [0.25, 0.3) is 0 Å². The van der Waals surface area contributed by atoms with E-state index in [1.807, 2.05) is 0 Å². The van der Waals surface area contributed by atoms with Gasteiger partial charge < -0.3 is 18.9 Å². The van der Waals surface area contributed by atoms with Crippen LogP contribution in [0, 0.1) is 0 Å². The maximum atomic E-state index is 10.1. The van der Waals surface area contributed by atoms with Crippen LogP contribution >= 0.6 is 0 Å². The molecule has 0 saturated carbocycles. The Hall–Kier alpha value is -0.200. The summed E-state index contributed by atoms with van der Waals surface area (Å²) in [7, 11) is 3.14. The standard InChI is InChI=1S/C8H17O5/c1-10-5-6-13-8(7-11-2)12-4-3-9/h8H,3-7H2,1-2H3. The van der Waals surface area contributed by atoms with Crippen LogP contribution in [-0.2, 0) is 24.1 Å². The molecule has 0 rings (SSSR count). The lowest BCUT2D eigenvalue weighted by Crippen LogP contribution is -2.25. The minimum Gasteiger partial charge on any atom is -0.382 e. The number of hydrogen-bond donors (Lipinski definition) is 0. The Kier molecular flexibility index (Phi) is 9.73. The molecule has 5 heteroatoms. The summed E-state index contributed by atoms with van der Waals surface area (Å²) in [6.07, 6.45) is -0.464. The molecule has 0 saturated heterocycles. The molecule has 0 aromatic carbocycles. The second-order valence-electron chi connectivity index (χ2n) is 2.32. The van der Waals surface area contributed by atoms with Gasteiger partial charge in [0.2, 0.25) is 0 Å². The molecular weight excluding hydrogens is 176 g/mol. The molecule has 0 fully saturated rings. The molecule has 0 bridgehead atoms. The summed E-state index contributed by atoms with van der Waals surface area (Å²) in [4.78, 5) is 0. The van der Waals surface area contributed by atoms with Crippen molar-refractivity contribution in [2.75, 3.05) is 47.3 Å². The molecule has 0 N–H and O–H groups in total. The Morgan fingerprint density at radius 2 is 1.69 bits per heavy atom. The fraction of sp³-hybridized carbons (Fsp3) is 1.00. The quantitative estimate of drug-likeness (QED) is 0.384. The molecule has 0 aromatic rings. The van der Waals surface area contributed by atoms with Gasteiger partial charge in [0.25, 0.3) is 0 Å². The van der Waals surface area contributed by atoms with E-state index in [-0.39, 0.29) is 13.2 Å². The first-order chi connectivity index (χ1) is 6.35. The Balaban J connectivity index is 3.41. The average Bonchev–Trinajstić information content (AvgIpc) is 2.14. The summed E-state index contributed by atoms with van der Waals surface area (Å²) in [6, 6.07) is 0. The monoisotopic (exact) mass is 193 g/mol. The van der Waals surface area contributed by atoms with Crippen LogP contribution in [0.15, 0.2) is 0 Å². The van der Waals surface area contributed by atoms with Gasteiger partial charge in [0, 0.05) is 14.2 Å². The fourth-order valence-corrected chi connectivity index (χ4v) is 0.723. The van der Waals surface area contributed by atoms with Crippen LogP contribution in [0.1, 0.15) is 0 Å². The highest BCUT2D eigenvalue weighted by molar-refractivity contribution is 4.41. The second-order valence-corrected chi connectivity index (χ2v) is 2.32. The number of methoxy groups -OCH3 is 2. The first-order valence-corrected chi connectivity index (χ1v) is 4.14. The van der Waals surface area contributed by atoms with Gasteiger partial charge in [-0.05, 0) is 0 Å². The third kappa shape index (κ3) is 8.14. The first kappa shape index (κ1) is 12.8. The molecule has 13 heavy (non-hydrogen) atoms. The van der Waals surface area contributed by atoms with Crippen molar-refractivity contribution in [1.29, 1.82) is 0 Å². The van der Waals surface area contributed by atoms with E-state index in [2.05, 4.69) is 0 Å². The van der Waals surface area contributed by atoms with Gasteiger partial charge in [0.15, 0.2) is 6.29 Å². The zero-order valence-electron chi connectivity index (χ0n) is 8.15. The number of ether oxygens (including phenoxy) is 4. The molecule has 0 aromatic heterocycles. The molecule has 0 spiro atoms. The fourth-order valence-electron chi connectivity index (χ4n) is 0.723. The predicted octanol–water partition coefficient (Wildman–Crippen LogP) is 0.0690. The van der Waals surface area contributed by atoms with Crippen molar-refractivity contribution in [1.82, 2.24) is 0 Å². The Labute approximate surface area is 78.5 Å². The number of rotatable bonds is 9. The highest BCUT2D eigenvalue weighted by Gasteiger charge is 2.07. The minimum atomic E-state index is -0.464. The molecule has 1 radical (unpaired) electrons. The summed E-state index contributed by atoms with van der Waals surface area (Å²) in [6.45, 7) is 1.13. The van der Waals surface area contributed by atoms with Crippen LogP contribution in [0.5, 0.6) is 0 Å². The molecule has 0 heterocycles. The van der Waals surface area contributed by atoms with Crippen molar-refractivity contribution >= 4 is 0 Å². The van der Waals surface area contributed by atoms with E-state index in [4.69, 9.17) is 18.9 Å². The first-order valence-electron chi connectivity index (χ1n) is 4.14. The van der Waals surface area contributed by atoms with Crippen LogP contribution in [0.3, 0.4) is 0 Å². The van der Waals surface area contributed by atoms with Gasteiger partial charge in [-0.1, -0.05) is 0 Å². The van der Waals surface area contributed by atoms with Gasteiger partial charge in [-0.15, -0.1) is 0 Å². The van der Waals surface area contributed by atoms with Crippen molar-refractivity contribution in [3.8, 4) is 0 Å². The third-order valence-electron chi connectivity index (χ3n) is 1.28. The van der Waals surface area contributed by atoms with Gasteiger partial charge in [0.05, 0.1) is 26.4 Å². The minimum absolute atomic E-state index is 0.140. The maximum Gasteiger partial charge on any atom is 0.181 e. The second kappa shape index (κ2) is 9.88. The Bertz CT molecular complexity index is 98.5. The normalized spacial score (nSPS) is 13.2. The lowest BCUT2D eigenvalue weighted by Gasteiger charge is -2.16. The zero-order valence-corrected chi connectivity index (χ0v) is 8.15. The molecule has 0 aliphatic carbocycles. The van der Waals surface area contributed by atoms with E-state index in [1.54, 1.807) is 14.2 Å². The smallest absolute Gasteiger partial charge is 0.181 e. The van der Waals surface area contributed by atoms with E-state index in [9.17, 15) is 5.11 Å². The van der Waals surface area contributed by atoms with Crippen LogP contribution < -0.4 is 0 Å². The van der Waals surface area contributed by atoms with Gasteiger partial charge in [0.1, 0.15) is 6.61 Å². The molecular formula is C8H17O5. The van der Waals surface area contributed by atoms with Gasteiger partial charge in [-0.25, -0.2) is 5.11 Å². The van der Waals surface area contributed by atoms with Gasteiger partial charge in [-0.2, -0.15) is 0 Å². The molecule has 1 unspecified atom stereocenters. The predicted molar refractivity (Wildman–Crippen MR) is 45.0 cm³/mol. The molecule has 0 amide bonds. The van der Waals surface area contributed by atoms with E-state index in [1.165, 1.54) is 0 Å². The molecule has 0 aliphatic rings. The topological polar surface area (TPSA) is 56.8 Å². The summed E-state index contributed by atoms with van der Waals surface area (Å²) in [5.74, 6) is 0. The van der Waals surface area contributed by atoms with Crippen LogP contribution in [-0.4, -0.2) is 53.5 Å². The van der Waals surface area contributed by atoms with Crippen molar-refractivity contribution in [3.63, 3.8) is 0 Å². The summed E-state index contributed by atoms with van der Waals surface area (Å²) in [5.41, 5.74) is 0. The van der Waals surface area contributed by atoms with E-state index in [0.29, 0.717) is 19.8 Å². The average molecular weight is 193 g/mol. The lowest BCUT2D eigenvalue weighted by atomic mass is 10.6. The van der Waals surface area contributed by atoms with Gasteiger partial charge in [-0.3, -0.25) is 0 Å². The summed E-state index contributed by atoms with van der Waals surface area (Å²) < 4.78 is 19.9. The largest absolute Gasteiger partial charge is 0.382 e. The van der Waals surface area contributed by atoms with Crippen LogP contribution in [0.2, 0.25) is 0 Å². The van der Waals surface area contributed by atoms with E-state index >= 15 is 0 Å². The van der Waals surface area contributed by atoms with Crippen LogP contribution in [0.4, 0.5) is 0 Å². The molecule has 0 aliphatic heterocycles. The molecule has 79 valence electrons. The molecule has 1 atom stereocenters. The Morgan fingerprint density at radius 3 is 2.23 bits per heavy atom. The van der Waals surface area contributed by atoms with E-state index < -0.39 is 6.29 Å². The third-order valence-corrected chi connectivity index (χ3v) is 1.28. The lowest BCUT2D eigenvalue weighted by molar-refractivity contribution is -0.178. The zero-order chi connectivity index (χ0) is 9.94. The maximum absolute atomic E-state index is 10.1. The summed E-state index contributed by atoms with van der Waals surface area (Å²) >= 11 is 0. The van der Waals surface area contributed by atoms with Crippen molar-refractivity contribution in [3.05, 3.63) is 0 Å². The van der Waals surface area contributed by atoms with Gasteiger partial charge >= 0.3 is 0 Å². The Morgan fingerprint density at radius 1 is 1.00 bits per heavy atom. The molecule has 5 nitrogen and oxygen atoms in total. The van der Waals surface area contributed by atoms with Crippen molar-refractivity contribution in [2.45, 2.75) is 6.29 Å². The SMILES string of the molecule is COCCOC(COC)OCC[O]. The number of hydrogen-bond acceptors (Lipinski definition) is 4.